The summed E-state index contributed by atoms with van der Waals surface area (Å²) in [6.45, 7) is 4.34. The Bertz CT molecular complexity index is 708. The van der Waals surface area contributed by atoms with Gasteiger partial charge in [-0.05, 0) is 42.2 Å². The molecule has 0 aliphatic carbocycles. The predicted octanol–water partition coefficient (Wildman–Crippen LogP) is 5.02. The van der Waals surface area contributed by atoms with Crippen molar-refractivity contribution in [2.75, 3.05) is 0 Å². The average molecular weight is 371 g/mol. The molecule has 25 heavy (non-hydrogen) atoms. The van der Waals surface area contributed by atoms with Crippen LogP contribution in [0.3, 0.4) is 0 Å². The van der Waals surface area contributed by atoms with Gasteiger partial charge in [-0.2, -0.15) is 13.2 Å². The normalized spacial score (nSPS) is 13.2. The van der Waals surface area contributed by atoms with Gasteiger partial charge in [0.05, 0.1) is 5.56 Å². The van der Waals surface area contributed by atoms with Gasteiger partial charge in [0.1, 0.15) is 6.04 Å². The quantitative estimate of drug-likeness (QED) is 0.718. The largest absolute Gasteiger partial charge is 0.480 e. The third kappa shape index (κ3) is 5.57. The Balaban J connectivity index is 2.03. The van der Waals surface area contributed by atoms with Crippen LogP contribution in [0, 0.1) is 5.92 Å². The van der Waals surface area contributed by atoms with Crippen molar-refractivity contribution >= 4 is 17.3 Å². The van der Waals surface area contributed by atoms with Gasteiger partial charge in [-0.15, -0.1) is 11.3 Å². The molecule has 0 spiro atoms. The van der Waals surface area contributed by atoms with Gasteiger partial charge in [-0.3, -0.25) is 10.1 Å². The zero-order valence-corrected chi connectivity index (χ0v) is 14.7. The Kier molecular flexibility index (Phi) is 6.24. The summed E-state index contributed by atoms with van der Waals surface area (Å²) in [5, 5.41) is 12.2. The Hall–Kier alpha value is -1.86. The van der Waals surface area contributed by atoms with Crippen molar-refractivity contribution in [1.29, 1.82) is 0 Å². The summed E-state index contributed by atoms with van der Waals surface area (Å²) in [5.41, 5.74) is 0.0360. The number of nitrogens with one attached hydrogen (secondary N) is 1. The molecule has 0 bridgehead atoms. The molecule has 136 valence electrons. The van der Waals surface area contributed by atoms with Crippen molar-refractivity contribution in [3.8, 4) is 10.4 Å². The van der Waals surface area contributed by atoms with Crippen LogP contribution >= 0.6 is 11.3 Å². The van der Waals surface area contributed by atoms with E-state index in [2.05, 4.69) is 5.32 Å². The number of carbonyl (C=O) groups is 1. The van der Waals surface area contributed by atoms with Crippen LogP contribution in [0.25, 0.3) is 10.4 Å². The van der Waals surface area contributed by atoms with Crippen LogP contribution in [0.2, 0.25) is 0 Å². The third-order valence-electron chi connectivity index (χ3n) is 3.69. The van der Waals surface area contributed by atoms with Gasteiger partial charge in [0.15, 0.2) is 0 Å². The van der Waals surface area contributed by atoms with E-state index in [-0.39, 0.29) is 5.92 Å². The maximum Gasteiger partial charge on any atom is 0.416 e. The summed E-state index contributed by atoms with van der Waals surface area (Å²) in [4.78, 5) is 13.0. The minimum absolute atomic E-state index is 0.264. The predicted molar refractivity (Wildman–Crippen MR) is 92.5 cm³/mol. The van der Waals surface area contributed by atoms with Crippen LogP contribution in [-0.2, 0) is 17.5 Å². The number of rotatable bonds is 7. The highest BCUT2D eigenvalue weighted by molar-refractivity contribution is 7.15. The first-order valence-corrected chi connectivity index (χ1v) is 8.71. The molecule has 0 saturated heterocycles. The molecular formula is C18H20F3NO2S. The Labute approximate surface area is 148 Å². The van der Waals surface area contributed by atoms with Crippen LogP contribution in [0.5, 0.6) is 0 Å². The first-order valence-electron chi connectivity index (χ1n) is 7.89. The molecule has 0 amide bonds. The zero-order valence-electron chi connectivity index (χ0n) is 13.9. The molecule has 1 atom stereocenters. The lowest BCUT2D eigenvalue weighted by molar-refractivity contribution is -0.140. The van der Waals surface area contributed by atoms with E-state index in [0.717, 1.165) is 21.9 Å². The summed E-state index contributed by atoms with van der Waals surface area (Å²) < 4.78 is 37.8. The topological polar surface area (TPSA) is 49.3 Å². The van der Waals surface area contributed by atoms with Crippen molar-refractivity contribution in [1.82, 2.24) is 5.32 Å². The van der Waals surface area contributed by atoms with E-state index in [0.29, 0.717) is 18.5 Å². The van der Waals surface area contributed by atoms with Crippen LogP contribution in [0.15, 0.2) is 36.4 Å². The minimum atomic E-state index is -4.34. The average Bonchev–Trinajstić information content (AvgIpc) is 2.99. The first kappa shape index (κ1) is 19.5. The summed E-state index contributed by atoms with van der Waals surface area (Å²) in [6, 6.07) is 8.11. The van der Waals surface area contributed by atoms with Crippen LogP contribution in [0.1, 0.15) is 30.7 Å². The van der Waals surface area contributed by atoms with Gasteiger partial charge in [0.25, 0.3) is 0 Å². The van der Waals surface area contributed by atoms with Gasteiger partial charge in [-0.25, -0.2) is 0 Å². The lowest BCUT2D eigenvalue weighted by Gasteiger charge is -2.15. The molecule has 2 rings (SSSR count). The van der Waals surface area contributed by atoms with Crippen LogP contribution in [-0.4, -0.2) is 17.1 Å². The molecule has 7 heteroatoms. The second kappa shape index (κ2) is 8.01. The summed E-state index contributed by atoms with van der Waals surface area (Å²) in [5.74, 6) is -0.618. The van der Waals surface area contributed by atoms with E-state index in [1.54, 1.807) is 0 Å². The molecular weight excluding hydrogens is 351 g/mol. The van der Waals surface area contributed by atoms with Crippen molar-refractivity contribution in [2.45, 2.75) is 39.0 Å². The smallest absolute Gasteiger partial charge is 0.416 e. The fourth-order valence-corrected chi connectivity index (χ4v) is 3.38. The molecule has 1 heterocycles. The lowest BCUT2D eigenvalue weighted by atomic mass is 10.0. The molecule has 3 nitrogen and oxygen atoms in total. The number of thiophene rings is 1. The fraction of sp³-hybridized carbons (Fsp3) is 0.389. The molecule has 0 fully saturated rings. The van der Waals surface area contributed by atoms with Gasteiger partial charge in [0, 0.05) is 16.3 Å². The number of hydrogen-bond donors (Lipinski definition) is 2. The zero-order chi connectivity index (χ0) is 18.6. The number of alkyl halides is 3. The van der Waals surface area contributed by atoms with E-state index in [1.165, 1.54) is 23.5 Å². The monoisotopic (exact) mass is 371 g/mol. The van der Waals surface area contributed by atoms with Crippen molar-refractivity contribution in [3.05, 3.63) is 46.8 Å². The number of halogens is 3. The molecule has 2 N–H and O–H groups in total. The number of aliphatic carboxylic acids is 1. The van der Waals surface area contributed by atoms with Gasteiger partial charge in [0.2, 0.25) is 0 Å². The minimum Gasteiger partial charge on any atom is -0.480 e. The second-order valence-corrected chi connectivity index (χ2v) is 7.41. The SMILES string of the molecule is CC(C)C[C@H](NCc1ccc(-c2ccc(C(F)(F)F)cc2)s1)C(=O)O. The number of benzene rings is 1. The molecule has 0 radical (unpaired) electrons. The van der Waals surface area contributed by atoms with E-state index in [4.69, 9.17) is 0 Å². The van der Waals surface area contributed by atoms with Crippen molar-refractivity contribution < 1.29 is 23.1 Å². The summed E-state index contributed by atoms with van der Waals surface area (Å²) >= 11 is 1.44. The third-order valence-corrected chi connectivity index (χ3v) is 4.82. The maximum atomic E-state index is 12.6. The molecule has 0 aliphatic rings. The number of hydrogen-bond acceptors (Lipinski definition) is 3. The molecule has 2 aromatic rings. The molecule has 1 aromatic carbocycles. The lowest BCUT2D eigenvalue weighted by Crippen LogP contribution is -2.37. The van der Waals surface area contributed by atoms with Crippen molar-refractivity contribution in [2.24, 2.45) is 5.92 Å². The molecule has 0 aliphatic heterocycles. The summed E-state index contributed by atoms with van der Waals surface area (Å²) in [7, 11) is 0. The highest BCUT2D eigenvalue weighted by Crippen LogP contribution is 2.33. The highest BCUT2D eigenvalue weighted by atomic mass is 32.1. The number of carboxylic acids is 1. The van der Waals surface area contributed by atoms with E-state index < -0.39 is 23.8 Å². The van der Waals surface area contributed by atoms with Gasteiger partial charge < -0.3 is 5.11 Å². The van der Waals surface area contributed by atoms with Crippen molar-refractivity contribution in [3.63, 3.8) is 0 Å². The highest BCUT2D eigenvalue weighted by Gasteiger charge is 2.30. The second-order valence-electron chi connectivity index (χ2n) is 6.24. The van der Waals surface area contributed by atoms with E-state index in [9.17, 15) is 23.1 Å². The number of carboxylic acid groups (broad SMARTS) is 1. The Morgan fingerprint density at radius 2 is 1.80 bits per heavy atom. The Morgan fingerprint density at radius 3 is 2.32 bits per heavy atom. The molecule has 1 aromatic heterocycles. The standard InChI is InChI=1S/C18H20F3NO2S/c1-11(2)9-15(17(23)24)22-10-14-7-8-16(25-14)12-3-5-13(6-4-12)18(19,20)21/h3-8,11,15,22H,9-10H2,1-2H3,(H,23,24)/t15-/m0/s1. The summed E-state index contributed by atoms with van der Waals surface area (Å²) in [6.07, 6.45) is -3.81. The molecule has 0 unspecified atom stereocenters. The van der Waals surface area contributed by atoms with Gasteiger partial charge in [-0.1, -0.05) is 26.0 Å². The van der Waals surface area contributed by atoms with E-state index >= 15 is 0 Å². The first-order chi connectivity index (χ1) is 11.7. The Morgan fingerprint density at radius 1 is 1.16 bits per heavy atom. The fourth-order valence-electron chi connectivity index (χ4n) is 2.42. The van der Waals surface area contributed by atoms with Crippen LogP contribution < -0.4 is 5.32 Å². The maximum absolute atomic E-state index is 12.6. The molecule has 0 saturated carbocycles. The van der Waals surface area contributed by atoms with E-state index in [1.807, 2.05) is 26.0 Å². The van der Waals surface area contributed by atoms with Crippen LogP contribution in [0.4, 0.5) is 13.2 Å². The van der Waals surface area contributed by atoms with Gasteiger partial charge >= 0.3 is 12.1 Å².